The van der Waals surface area contributed by atoms with Crippen LogP contribution in [-0.2, 0) is 0 Å². The molecule has 0 amide bonds. The maximum Gasteiger partial charge on any atom is 0.196 e. The van der Waals surface area contributed by atoms with Crippen LogP contribution in [0.25, 0.3) is 0 Å². The second kappa shape index (κ2) is 6.62. The Bertz CT molecular complexity index is 676. The molecular weight excluding hydrogens is 400 g/mol. The second-order valence-electron chi connectivity index (χ2n) is 4.51. The number of hydrogen-bond donors (Lipinski definition) is 0. The van der Waals surface area contributed by atoms with E-state index in [0.29, 0.717) is 27.1 Å². The van der Waals surface area contributed by atoms with E-state index in [1.54, 1.807) is 25.3 Å². The summed E-state index contributed by atoms with van der Waals surface area (Å²) in [5, 5.41) is 0. The number of methoxy groups -OCH3 is 2. The Morgan fingerprint density at radius 2 is 1.76 bits per heavy atom. The number of halogens is 2. The molecule has 0 N–H and O–H groups in total. The lowest BCUT2D eigenvalue weighted by atomic mass is 10.0. The molecule has 0 aliphatic carbocycles. The second-order valence-corrected chi connectivity index (χ2v) is 6.22. The molecule has 0 heterocycles. The zero-order valence-electron chi connectivity index (χ0n) is 11.9. The van der Waals surface area contributed by atoms with Crippen molar-refractivity contribution >= 4 is 37.6 Å². The molecule has 0 saturated heterocycles. The minimum Gasteiger partial charge on any atom is -0.495 e. The molecule has 0 bridgehead atoms. The normalized spacial score (nSPS) is 10.3. The number of benzene rings is 2. The molecule has 0 radical (unpaired) electrons. The third-order valence-corrected chi connectivity index (χ3v) is 4.24. The van der Waals surface area contributed by atoms with E-state index in [4.69, 9.17) is 9.47 Å². The molecule has 2 aromatic rings. The highest BCUT2D eigenvalue weighted by atomic mass is 79.9. The number of carbonyl (C=O) groups is 1. The Kier molecular flexibility index (Phi) is 5.06. The Morgan fingerprint density at radius 3 is 2.33 bits per heavy atom. The first kappa shape index (κ1) is 16.0. The van der Waals surface area contributed by atoms with Crippen molar-refractivity contribution in [2.45, 2.75) is 6.92 Å². The van der Waals surface area contributed by atoms with Crippen molar-refractivity contribution in [1.29, 1.82) is 0 Å². The van der Waals surface area contributed by atoms with Crippen LogP contribution in [0.5, 0.6) is 11.5 Å². The van der Waals surface area contributed by atoms with Crippen molar-refractivity contribution in [2.75, 3.05) is 14.2 Å². The van der Waals surface area contributed by atoms with Gasteiger partial charge in [-0.25, -0.2) is 0 Å². The fourth-order valence-electron chi connectivity index (χ4n) is 2.10. The quantitative estimate of drug-likeness (QED) is 0.677. The van der Waals surface area contributed by atoms with E-state index in [1.807, 2.05) is 19.1 Å². The number of aryl methyl sites for hydroxylation is 1. The average Bonchev–Trinajstić information content (AvgIpc) is 2.45. The maximum absolute atomic E-state index is 12.7. The van der Waals surface area contributed by atoms with Gasteiger partial charge < -0.3 is 9.47 Å². The van der Waals surface area contributed by atoms with Crippen molar-refractivity contribution in [2.24, 2.45) is 0 Å². The monoisotopic (exact) mass is 412 g/mol. The molecule has 0 aliphatic heterocycles. The summed E-state index contributed by atoms with van der Waals surface area (Å²) in [7, 11) is 3.10. The average molecular weight is 414 g/mol. The zero-order valence-corrected chi connectivity index (χ0v) is 15.0. The van der Waals surface area contributed by atoms with E-state index >= 15 is 0 Å². The first-order valence-electron chi connectivity index (χ1n) is 6.20. The lowest BCUT2D eigenvalue weighted by molar-refractivity contribution is 0.103. The Balaban J connectivity index is 2.55. The van der Waals surface area contributed by atoms with Crippen molar-refractivity contribution in [3.05, 3.63) is 56.0 Å². The fourth-order valence-corrected chi connectivity index (χ4v) is 3.37. The molecule has 0 fully saturated rings. The molecule has 2 aromatic carbocycles. The molecule has 21 heavy (non-hydrogen) atoms. The summed E-state index contributed by atoms with van der Waals surface area (Å²) in [5.74, 6) is 0.991. The predicted octanol–water partition coefficient (Wildman–Crippen LogP) is 4.77. The molecule has 0 spiro atoms. The van der Waals surface area contributed by atoms with Gasteiger partial charge in [0.2, 0.25) is 0 Å². The largest absolute Gasteiger partial charge is 0.495 e. The maximum atomic E-state index is 12.7. The number of ether oxygens (including phenoxy) is 2. The lowest BCUT2D eigenvalue weighted by Gasteiger charge is -2.13. The molecule has 0 atom stereocenters. The van der Waals surface area contributed by atoms with Gasteiger partial charge in [0, 0.05) is 10.0 Å². The third-order valence-electron chi connectivity index (χ3n) is 3.03. The summed E-state index contributed by atoms with van der Waals surface area (Å²) < 4.78 is 12.1. The number of hydrogen-bond acceptors (Lipinski definition) is 3. The van der Waals surface area contributed by atoms with Crippen LogP contribution in [0, 0.1) is 6.92 Å². The topological polar surface area (TPSA) is 35.5 Å². The zero-order chi connectivity index (χ0) is 15.6. The SMILES string of the molecule is COc1ccc(C(=O)c2cc(C)cc(Br)c2)c(OC)c1Br. The van der Waals surface area contributed by atoms with Gasteiger partial charge in [-0.1, -0.05) is 15.9 Å². The number of ketones is 1. The van der Waals surface area contributed by atoms with Crippen molar-refractivity contribution < 1.29 is 14.3 Å². The van der Waals surface area contributed by atoms with E-state index in [-0.39, 0.29) is 5.78 Å². The predicted molar refractivity (Wildman–Crippen MR) is 89.6 cm³/mol. The van der Waals surface area contributed by atoms with E-state index in [0.717, 1.165) is 10.0 Å². The van der Waals surface area contributed by atoms with Crippen LogP contribution in [0.4, 0.5) is 0 Å². The number of carbonyl (C=O) groups excluding carboxylic acids is 1. The Hall–Kier alpha value is -1.33. The van der Waals surface area contributed by atoms with E-state index in [9.17, 15) is 4.79 Å². The number of rotatable bonds is 4. The van der Waals surface area contributed by atoms with Crippen LogP contribution in [0.15, 0.2) is 39.3 Å². The van der Waals surface area contributed by atoms with Gasteiger partial charge in [0.15, 0.2) is 5.78 Å². The summed E-state index contributed by atoms with van der Waals surface area (Å²) in [6.07, 6.45) is 0. The summed E-state index contributed by atoms with van der Waals surface area (Å²) in [6.45, 7) is 1.95. The Labute approximate surface area is 140 Å². The summed E-state index contributed by atoms with van der Waals surface area (Å²) >= 11 is 6.82. The van der Waals surface area contributed by atoms with E-state index < -0.39 is 0 Å². The van der Waals surface area contributed by atoms with Crippen LogP contribution in [-0.4, -0.2) is 20.0 Å². The summed E-state index contributed by atoms with van der Waals surface area (Å²) in [6, 6.07) is 9.06. The minimum absolute atomic E-state index is 0.0976. The van der Waals surface area contributed by atoms with Crippen LogP contribution < -0.4 is 9.47 Å². The van der Waals surface area contributed by atoms with Crippen LogP contribution >= 0.6 is 31.9 Å². The summed E-state index contributed by atoms with van der Waals surface area (Å²) in [4.78, 5) is 12.7. The van der Waals surface area contributed by atoms with Gasteiger partial charge in [-0.2, -0.15) is 0 Å². The molecular formula is C16H14Br2O3. The van der Waals surface area contributed by atoms with Crippen LogP contribution in [0.1, 0.15) is 21.5 Å². The summed E-state index contributed by atoms with van der Waals surface area (Å²) in [5.41, 5.74) is 2.11. The molecule has 3 nitrogen and oxygen atoms in total. The van der Waals surface area contributed by atoms with Gasteiger partial charge in [0.25, 0.3) is 0 Å². The minimum atomic E-state index is -0.0976. The molecule has 2 rings (SSSR count). The molecule has 0 aromatic heterocycles. The van der Waals surface area contributed by atoms with Crippen molar-refractivity contribution in [3.8, 4) is 11.5 Å². The van der Waals surface area contributed by atoms with Crippen LogP contribution in [0.3, 0.4) is 0 Å². The molecule has 0 unspecified atom stereocenters. The fraction of sp³-hybridized carbons (Fsp3) is 0.188. The Morgan fingerprint density at radius 1 is 1.05 bits per heavy atom. The van der Waals surface area contributed by atoms with Crippen molar-refractivity contribution in [3.63, 3.8) is 0 Å². The molecule has 110 valence electrons. The lowest BCUT2D eigenvalue weighted by Crippen LogP contribution is -2.05. The first-order valence-corrected chi connectivity index (χ1v) is 7.79. The highest BCUT2D eigenvalue weighted by Gasteiger charge is 2.20. The van der Waals surface area contributed by atoms with E-state index in [2.05, 4.69) is 31.9 Å². The van der Waals surface area contributed by atoms with Gasteiger partial charge in [-0.3, -0.25) is 4.79 Å². The van der Waals surface area contributed by atoms with Gasteiger partial charge >= 0.3 is 0 Å². The molecule has 5 heteroatoms. The first-order chi connectivity index (χ1) is 9.97. The van der Waals surface area contributed by atoms with Gasteiger partial charge in [-0.15, -0.1) is 0 Å². The van der Waals surface area contributed by atoms with Gasteiger partial charge in [-0.05, 0) is 58.7 Å². The van der Waals surface area contributed by atoms with Gasteiger partial charge in [0.05, 0.1) is 19.8 Å². The van der Waals surface area contributed by atoms with Gasteiger partial charge in [0.1, 0.15) is 16.0 Å². The molecule has 0 aliphatic rings. The smallest absolute Gasteiger partial charge is 0.196 e. The standard InChI is InChI=1S/C16H14Br2O3/c1-9-6-10(8-11(17)7-9)15(19)12-4-5-13(20-2)14(18)16(12)21-3/h4-8H,1-3H3. The highest BCUT2D eigenvalue weighted by molar-refractivity contribution is 9.11. The molecule has 0 saturated carbocycles. The van der Waals surface area contributed by atoms with E-state index in [1.165, 1.54) is 7.11 Å². The third kappa shape index (κ3) is 3.30. The van der Waals surface area contributed by atoms with Crippen LogP contribution in [0.2, 0.25) is 0 Å². The highest BCUT2D eigenvalue weighted by Crippen LogP contribution is 2.38. The van der Waals surface area contributed by atoms with Crippen molar-refractivity contribution in [1.82, 2.24) is 0 Å².